The molecule has 1 aromatic heterocycles. The molecule has 1 aromatic carbocycles. The molecule has 1 atom stereocenters. The molecular weight excluding hydrogens is 543 g/mol. The minimum absolute atomic E-state index is 0. The van der Waals surface area contributed by atoms with Crippen LogP contribution in [-0.2, 0) is 44.0 Å². The van der Waals surface area contributed by atoms with Crippen molar-refractivity contribution in [2.75, 3.05) is 7.11 Å². The van der Waals surface area contributed by atoms with Gasteiger partial charge in [0.05, 0.1) is 0 Å². The molecule has 1 radical (unpaired) electrons. The maximum Gasteiger partial charge on any atom is 0.350 e. The number of rotatable bonds is 11. The predicted molar refractivity (Wildman–Crippen MR) is 149 cm³/mol. The molecule has 205 valence electrons. The van der Waals surface area contributed by atoms with Gasteiger partial charge < -0.3 is 19.8 Å². The van der Waals surface area contributed by atoms with Crippen LogP contribution in [0, 0.1) is 19.8 Å². The van der Waals surface area contributed by atoms with Crippen molar-refractivity contribution >= 4 is 5.78 Å². The first-order valence-corrected chi connectivity index (χ1v) is 13.0. The summed E-state index contributed by atoms with van der Waals surface area (Å²) in [5.41, 5.74) is 6.83. The molecular formula is C30H46NO5Y-. The van der Waals surface area contributed by atoms with E-state index in [0.717, 1.165) is 0 Å². The summed E-state index contributed by atoms with van der Waals surface area (Å²) in [6, 6.07) is 8.13. The van der Waals surface area contributed by atoms with Gasteiger partial charge in [-0.1, -0.05) is 66.2 Å². The number of hydrogen-bond donors (Lipinski definition) is 1. The molecule has 0 aliphatic rings. The van der Waals surface area contributed by atoms with Crippen LogP contribution in [0.4, 0.5) is 0 Å². The fourth-order valence-corrected chi connectivity index (χ4v) is 3.26. The van der Waals surface area contributed by atoms with Gasteiger partial charge in [-0.15, -0.1) is 6.08 Å². The largest absolute Gasteiger partial charge is 0.569 e. The van der Waals surface area contributed by atoms with Gasteiger partial charge in [0.2, 0.25) is 0 Å². The Morgan fingerprint density at radius 1 is 1.14 bits per heavy atom. The number of Topliss-reactive ketones (excluding diaryl/α,β-unsaturated/α-hetero) is 1. The van der Waals surface area contributed by atoms with Crippen molar-refractivity contribution in [3.05, 3.63) is 80.5 Å². The summed E-state index contributed by atoms with van der Waals surface area (Å²) in [4.78, 5) is 28.4. The number of benzene rings is 1. The molecule has 37 heavy (non-hydrogen) atoms. The summed E-state index contributed by atoms with van der Waals surface area (Å²) in [5.74, 6) is -0.836. The molecule has 0 amide bonds. The van der Waals surface area contributed by atoms with Gasteiger partial charge in [0, 0.05) is 57.7 Å². The number of unbranched alkanes of at least 4 members (excludes halogenated alkanes) is 1. The number of allylic oxidation sites excluding steroid dienone is 1. The van der Waals surface area contributed by atoms with Crippen molar-refractivity contribution in [2.24, 2.45) is 5.92 Å². The second kappa shape index (κ2) is 21.2. The second-order valence-corrected chi connectivity index (χ2v) is 8.89. The summed E-state index contributed by atoms with van der Waals surface area (Å²) < 4.78 is 5.19. The van der Waals surface area contributed by atoms with Crippen LogP contribution in [0.2, 0.25) is 0 Å². The Morgan fingerprint density at radius 2 is 1.78 bits per heavy atom. The van der Waals surface area contributed by atoms with Gasteiger partial charge in [0.1, 0.15) is 17.1 Å². The monoisotopic (exact) mass is 589 g/mol. The van der Waals surface area contributed by atoms with E-state index in [1.807, 2.05) is 26.8 Å². The fourth-order valence-electron chi connectivity index (χ4n) is 3.26. The van der Waals surface area contributed by atoms with Crippen LogP contribution in [0.1, 0.15) is 106 Å². The Hall–Kier alpha value is -1.76. The molecule has 0 fully saturated rings. The predicted octanol–water partition coefficient (Wildman–Crippen LogP) is 8.19. The van der Waals surface area contributed by atoms with E-state index in [1.165, 1.54) is 49.1 Å². The van der Waals surface area contributed by atoms with Gasteiger partial charge in [0.15, 0.2) is 5.78 Å². The van der Waals surface area contributed by atoms with E-state index in [4.69, 9.17) is 4.42 Å². The minimum atomic E-state index is -0.787. The molecule has 0 aliphatic carbocycles. The minimum Gasteiger partial charge on any atom is -0.569 e. The first-order chi connectivity index (χ1) is 17.1. The fraction of sp³-hybridized carbons (Fsp3) is 0.533. The van der Waals surface area contributed by atoms with Crippen LogP contribution in [0.25, 0.3) is 5.48 Å². The van der Waals surface area contributed by atoms with E-state index in [2.05, 4.69) is 49.3 Å². The van der Waals surface area contributed by atoms with Crippen LogP contribution < -0.4 is 5.63 Å². The maximum atomic E-state index is 11.9. The molecule has 2 aromatic rings. The summed E-state index contributed by atoms with van der Waals surface area (Å²) in [5, 5.41) is 9.96. The van der Waals surface area contributed by atoms with Crippen LogP contribution in [0.3, 0.4) is 0 Å². The smallest absolute Gasteiger partial charge is 0.350 e. The Labute approximate surface area is 249 Å². The van der Waals surface area contributed by atoms with E-state index < -0.39 is 11.4 Å². The Balaban J connectivity index is 0. The summed E-state index contributed by atoms with van der Waals surface area (Å²) in [7, 11) is 1.46. The van der Waals surface area contributed by atoms with E-state index >= 15 is 0 Å². The topological polar surface area (TPSA) is 90.8 Å². The Morgan fingerprint density at radius 3 is 2.30 bits per heavy atom. The SMILES string of the molecule is CC.CCCCc1ccc(C)c(C)c1.CO[N-]/C=C\CCC(C)c1cc(O)c(C(=O)C(C)C)c(=O)o1.[Y]. The van der Waals surface area contributed by atoms with Gasteiger partial charge >= 0.3 is 5.63 Å². The quantitative estimate of drug-likeness (QED) is 0.211. The molecule has 7 heteroatoms. The molecule has 0 aliphatic heterocycles. The number of hydroxylamine groups is 1. The summed E-state index contributed by atoms with van der Waals surface area (Å²) in [6.45, 7) is 15.8. The number of ketones is 1. The number of hydrogen-bond acceptors (Lipinski definition) is 5. The van der Waals surface area contributed by atoms with Crippen molar-refractivity contribution in [3.63, 3.8) is 0 Å². The zero-order valence-corrected chi connectivity index (χ0v) is 27.1. The van der Waals surface area contributed by atoms with E-state index in [-0.39, 0.29) is 55.9 Å². The number of carbonyl (C=O) groups is 1. The zero-order chi connectivity index (χ0) is 27.7. The third-order valence-corrected chi connectivity index (χ3v) is 5.63. The standard InChI is InChI=1S/C16H22NO5.C12H18.C2H6.Y/c1-10(2)15(19)14-12(18)9-13(22-16(14)20)11(3)7-5-6-8-17-21-4;1-4-5-6-12-8-7-10(2)11(3)9-12;1-2;/h6,8-11H,5,7H2,1-4H3,(H,18,19,20);7-9H,4-6H2,1-3H3;1-2H3;/q-1;;;/b8-6-;;;. The summed E-state index contributed by atoms with van der Waals surface area (Å²) in [6.07, 6.45) is 8.62. The first kappa shape index (κ1) is 37.4. The van der Waals surface area contributed by atoms with Gasteiger partial charge in [-0.25, -0.2) is 4.79 Å². The van der Waals surface area contributed by atoms with Gasteiger partial charge in [-0.05, 0) is 56.2 Å². The molecule has 1 heterocycles. The van der Waals surface area contributed by atoms with Crippen molar-refractivity contribution in [2.45, 2.75) is 93.4 Å². The van der Waals surface area contributed by atoms with Crippen molar-refractivity contribution in [1.29, 1.82) is 0 Å². The van der Waals surface area contributed by atoms with Crippen molar-refractivity contribution < 1.29 is 51.9 Å². The first-order valence-electron chi connectivity index (χ1n) is 13.0. The van der Waals surface area contributed by atoms with Crippen molar-refractivity contribution in [1.82, 2.24) is 0 Å². The Kier molecular flexibility index (Phi) is 21.4. The van der Waals surface area contributed by atoms with E-state index in [0.29, 0.717) is 18.6 Å². The van der Waals surface area contributed by atoms with Crippen molar-refractivity contribution in [3.8, 4) is 5.75 Å². The zero-order valence-electron chi connectivity index (χ0n) is 24.3. The molecule has 1 N–H and O–H groups in total. The Bertz CT molecular complexity index is 998. The average Bonchev–Trinajstić information content (AvgIpc) is 2.85. The normalized spacial score (nSPS) is 11.1. The van der Waals surface area contributed by atoms with Crippen LogP contribution in [0.5, 0.6) is 5.75 Å². The maximum absolute atomic E-state index is 11.9. The van der Waals surface area contributed by atoms with E-state index in [1.54, 1.807) is 20.0 Å². The number of aromatic hydroxyl groups is 1. The number of aryl methyl sites for hydroxylation is 3. The third kappa shape index (κ3) is 14.1. The average molecular weight is 590 g/mol. The molecule has 0 spiro atoms. The molecule has 6 nitrogen and oxygen atoms in total. The van der Waals surface area contributed by atoms with Crippen LogP contribution in [0.15, 0.2) is 45.8 Å². The molecule has 0 saturated heterocycles. The number of carbonyl (C=O) groups excluding carboxylic acids is 1. The van der Waals surface area contributed by atoms with Gasteiger partial charge in [-0.2, -0.15) is 6.20 Å². The van der Waals surface area contributed by atoms with Crippen LogP contribution >= 0.6 is 0 Å². The third-order valence-electron chi connectivity index (χ3n) is 5.63. The molecule has 1 unspecified atom stereocenters. The van der Waals surface area contributed by atoms with Crippen LogP contribution in [-0.4, -0.2) is 18.0 Å². The molecule has 0 bridgehead atoms. The molecule has 2 rings (SSSR count). The number of nitrogens with zero attached hydrogens (tertiary/aromatic N) is 1. The second-order valence-electron chi connectivity index (χ2n) is 8.89. The molecule has 0 saturated carbocycles. The summed E-state index contributed by atoms with van der Waals surface area (Å²) >= 11 is 0. The van der Waals surface area contributed by atoms with E-state index in [9.17, 15) is 14.7 Å². The van der Waals surface area contributed by atoms with Gasteiger partial charge in [0.25, 0.3) is 0 Å². The van der Waals surface area contributed by atoms with Gasteiger partial charge in [-0.3, -0.25) is 4.79 Å².